The van der Waals surface area contributed by atoms with Gasteiger partial charge in [-0.05, 0) is 40.2 Å². The minimum Gasteiger partial charge on any atom is -0.361 e. The van der Waals surface area contributed by atoms with Crippen LogP contribution in [0.15, 0.2) is 38.1 Å². The van der Waals surface area contributed by atoms with Crippen LogP contribution in [0.4, 0.5) is 0 Å². The van der Waals surface area contributed by atoms with E-state index in [0.717, 1.165) is 20.4 Å². The number of aromatic nitrogens is 1. The Bertz CT molecular complexity index is 707. The van der Waals surface area contributed by atoms with Gasteiger partial charge in [-0.1, -0.05) is 35.6 Å². The molecule has 21 heavy (non-hydrogen) atoms. The highest BCUT2D eigenvalue weighted by Crippen LogP contribution is 2.24. The third-order valence-electron chi connectivity index (χ3n) is 3.23. The molecule has 2 aromatic rings. The first-order chi connectivity index (χ1) is 9.78. The van der Waals surface area contributed by atoms with Gasteiger partial charge < -0.3 is 4.74 Å². The number of pyridine rings is 1. The zero-order valence-corrected chi connectivity index (χ0v) is 16.6. The van der Waals surface area contributed by atoms with Gasteiger partial charge in [-0.2, -0.15) is 0 Å². The molecule has 1 heterocycles. The summed E-state index contributed by atoms with van der Waals surface area (Å²) in [6.45, 7) is 7.94. The second kappa shape index (κ2) is 6.77. The standard InChI is InChI=1S/C15H19Br2NO2Si/c1-21(2,3)7-6-20-10-18-9-14(17)13-8-11(16)4-5-12(13)15(18)19/h4-5,8-9H,6-7,10H2,1-3H3. The lowest BCUT2D eigenvalue weighted by atomic mass is 10.2. The molecule has 0 fully saturated rings. The van der Waals surface area contributed by atoms with E-state index in [1.54, 1.807) is 10.8 Å². The SMILES string of the molecule is C[Si](C)(C)CCOCn1cc(Br)c2cc(Br)ccc2c1=O. The van der Waals surface area contributed by atoms with E-state index >= 15 is 0 Å². The van der Waals surface area contributed by atoms with E-state index in [1.165, 1.54) is 0 Å². The Hall–Kier alpha value is -0.433. The molecular formula is C15H19Br2NO2Si. The maximum atomic E-state index is 12.4. The fourth-order valence-electron chi connectivity index (χ4n) is 1.96. The van der Waals surface area contributed by atoms with E-state index in [4.69, 9.17) is 4.74 Å². The molecule has 0 saturated heterocycles. The fraction of sp³-hybridized carbons (Fsp3) is 0.400. The van der Waals surface area contributed by atoms with Crippen LogP contribution in [-0.2, 0) is 11.5 Å². The largest absolute Gasteiger partial charge is 0.361 e. The van der Waals surface area contributed by atoms with Crippen molar-refractivity contribution in [3.63, 3.8) is 0 Å². The van der Waals surface area contributed by atoms with Crippen LogP contribution in [0, 0.1) is 0 Å². The van der Waals surface area contributed by atoms with E-state index < -0.39 is 8.07 Å². The van der Waals surface area contributed by atoms with Gasteiger partial charge in [0.1, 0.15) is 6.73 Å². The molecule has 0 atom stereocenters. The Morgan fingerprint density at radius 1 is 1.19 bits per heavy atom. The normalized spacial score (nSPS) is 12.0. The highest BCUT2D eigenvalue weighted by atomic mass is 79.9. The second-order valence-corrected chi connectivity index (χ2v) is 13.7. The molecule has 0 radical (unpaired) electrons. The van der Waals surface area contributed by atoms with Crippen LogP contribution in [0.25, 0.3) is 10.8 Å². The Labute approximate surface area is 142 Å². The lowest BCUT2D eigenvalue weighted by Crippen LogP contribution is -2.24. The zero-order chi connectivity index (χ0) is 15.6. The quantitative estimate of drug-likeness (QED) is 0.500. The summed E-state index contributed by atoms with van der Waals surface area (Å²) < 4.78 is 9.14. The van der Waals surface area contributed by atoms with Gasteiger partial charge >= 0.3 is 0 Å². The van der Waals surface area contributed by atoms with Crippen LogP contribution in [-0.4, -0.2) is 19.2 Å². The molecule has 0 N–H and O–H groups in total. The number of benzene rings is 1. The third kappa shape index (κ3) is 4.52. The fourth-order valence-corrected chi connectivity index (χ4v) is 3.65. The van der Waals surface area contributed by atoms with E-state index in [0.29, 0.717) is 18.7 Å². The average molecular weight is 433 g/mol. The monoisotopic (exact) mass is 431 g/mol. The number of hydrogen-bond donors (Lipinski definition) is 0. The topological polar surface area (TPSA) is 31.2 Å². The second-order valence-electron chi connectivity index (χ2n) is 6.29. The summed E-state index contributed by atoms with van der Waals surface area (Å²) in [5.41, 5.74) is -0.0197. The first kappa shape index (κ1) is 16.9. The van der Waals surface area contributed by atoms with Crippen LogP contribution in [0.3, 0.4) is 0 Å². The van der Waals surface area contributed by atoms with Gasteiger partial charge in [0.2, 0.25) is 0 Å². The first-order valence-corrected chi connectivity index (χ1v) is 12.1. The van der Waals surface area contributed by atoms with Crippen molar-refractivity contribution >= 4 is 50.7 Å². The number of fused-ring (bicyclic) bond motifs is 1. The lowest BCUT2D eigenvalue weighted by Gasteiger charge is -2.16. The number of halogens is 2. The molecular weight excluding hydrogens is 414 g/mol. The van der Waals surface area contributed by atoms with Crippen LogP contribution >= 0.6 is 31.9 Å². The Kier molecular flexibility index (Phi) is 5.46. The Morgan fingerprint density at radius 2 is 1.90 bits per heavy atom. The van der Waals surface area contributed by atoms with E-state index in [-0.39, 0.29) is 5.56 Å². The highest BCUT2D eigenvalue weighted by molar-refractivity contribution is 9.11. The summed E-state index contributed by atoms with van der Waals surface area (Å²) in [6, 6.07) is 6.76. The summed E-state index contributed by atoms with van der Waals surface area (Å²) >= 11 is 6.96. The Morgan fingerprint density at radius 3 is 2.57 bits per heavy atom. The summed E-state index contributed by atoms with van der Waals surface area (Å²) in [5.74, 6) is 0. The maximum Gasteiger partial charge on any atom is 0.260 e. The number of hydrogen-bond acceptors (Lipinski definition) is 2. The molecule has 2 rings (SSSR count). The molecule has 0 unspecified atom stereocenters. The molecule has 0 bridgehead atoms. The van der Waals surface area contributed by atoms with Gasteiger partial charge in [-0.3, -0.25) is 9.36 Å². The van der Waals surface area contributed by atoms with Crippen LogP contribution in [0.1, 0.15) is 0 Å². The molecule has 0 aliphatic carbocycles. The maximum absolute atomic E-state index is 12.4. The van der Waals surface area contributed by atoms with Gasteiger partial charge in [0.05, 0.1) is 0 Å². The number of nitrogens with zero attached hydrogens (tertiary/aromatic N) is 1. The third-order valence-corrected chi connectivity index (χ3v) is 6.06. The summed E-state index contributed by atoms with van der Waals surface area (Å²) in [7, 11) is -1.10. The van der Waals surface area contributed by atoms with Crippen molar-refractivity contribution < 1.29 is 4.74 Å². The van der Waals surface area contributed by atoms with Gasteiger partial charge in [-0.15, -0.1) is 0 Å². The smallest absolute Gasteiger partial charge is 0.260 e. The molecule has 0 saturated carbocycles. The van der Waals surface area contributed by atoms with Crippen molar-refractivity contribution in [2.75, 3.05) is 6.61 Å². The van der Waals surface area contributed by atoms with Gasteiger partial charge in [-0.25, -0.2) is 0 Å². The molecule has 3 nitrogen and oxygen atoms in total. The van der Waals surface area contributed by atoms with Crippen molar-refractivity contribution in [3.8, 4) is 0 Å². The molecule has 114 valence electrons. The minimum absolute atomic E-state index is 0.0197. The number of rotatable bonds is 5. The Balaban J connectivity index is 2.20. The predicted molar refractivity (Wildman–Crippen MR) is 97.7 cm³/mol. The van der Waals surface area contributed by atoms with Crippen molar-refractivity contribution in [2.45, 2.75) is 32.4 Å². The first-order valence-electron chi connectivity index (χ1n) is 6.84. The van der Waals surface area contributed by atoms with Gasteiger partial charge in [0, 0.05) is 40.6 Å². The molecule has 1 aromatic carbocycles. The molecule has 0 aliphatic rings. The molecule has 1 aromatic heterocycles. The average Bonchev–Trinajstić information content (AvgIpc) is 2.39. The van der Waals surface area contributed by atoms with Crippen LogP contribution in [0.2, 0.25) is 25.7 Å². The molecule has 0 spiro atoms. The van der Waals surface area contributed by atoms with Crippen molar-refractivity contribution in [1.29, 1.82) is 0 Å². The van der Waals surface area contributed by atoms with Gasteiger partial charge in [0.25, 0.3) is 5.56 Å². The van der Waals surface area contributed by atoms with Crippen LogP contribution < -0.4 is 5.56 Å². The van der Waals surface area contributed by atoms with E-state index in [1.807, 2.05) is 18.2 Å². The van der Waals surface area contributed by atoms with Crippen molar-refractivity contribution in [3.05, 3.63) is 43.7 Å². The number of ether oxygens (including phenoxy) is 1. The van der Waals surface area contributed by atoms with Crippen LogP contribution in [0.5, 0.6) is 0 Å². The van der Waals surface area contributed by atoms with Gasteiger partial charge in [0.15, 0.2) is 0 Å². The zero-order valence-electron chi connectivity index (χ0n) is 12.5. The van der Waals surface area contributed by atoms with Crippen molar-refractivity contribution in [2.24, 2.45) is 0 Å². The predicted octanol–water partition coefficient (Wildman–Crippen LogP) is 4.84. The molecule has 6 heteroatoms. The molecule has 0 amide bonds. The molecule has 0 aliphatic heterocycles. The van der Waals surface area contributed by atoms with E-state index in [9.17, 15) is 4.79 Å². The summed E-state index contributed by atoms with van der Waals surface area (Å²) in [4.78, 5) is 12.4. The lowest BCUT2D eigenvalue weighted by molar-refractivity contribution is 0.0850. The minimum atomic E-state index is -1.10. The summed E-state index contributed by atoms with van der Waals surface area (Å²) in [5, 5.41) is 1.61. The highest BCUT2D eigenvalue weighted by Gasteiger charge is 2.12. The van der Waals surface area contributed by atoms with Crippen molar-refractivity contribution in [1.82, 2.24) is 4.57 Å². The van der Waals surface area contributed by atoms with E-state index in [2.05, 4.69) is 51.5 Å². The summed E-state index contributed by atoms with van der Waals surface area (Å²) in [6.07, 6.45) is 1.80.